The minimum Gasteiger partial charge on any atom is -0.481 e. The zero-order chi connectivity index (χ0) is 18.4. The Morgan fingerprint density at radius 2 is 2.04 bits per heavy atom. The molecule has 1 aliphatic rings. The number of hydrogen-bond donors (Lipinski definition) is 2. The Labute approximate surface area is 152 Å². The molecule has 7 heteroatoms. The highest BCUT2D eigenvalue weighted by Gasteiger charge is 2.35. The highest BCUT2D eigenvalue weighted by atomic mass is 32.2. The molecule has 2 rings (SSSR count). The zero-order valence-corrected chi connectivity index (χ0v) is 15.3. The molecule has 1 heterocycles. The molecule has 1 saturated heterocycles. The van der Waals surface area contributed by atoms with Gasteiger partial charge in [0.1, 0.15) is 0 Å². The highest BCUT2D eigenvalue weighted by molar-refractivity contribution is 7.98. The third kappa shape index (κ3) is 4.98. The van der Waals surface area contributed by atoms with Crippen molar-refractivity contribution in [3.05, 3.63) is 24.3 Å². The van der Waals surface area contributed by atoms with Crippen molar-refractivity contribution in [3.63, 3.8) is 0 Å². The average Bonchev–Trinajstić information content (AvgIpc) is 3.00. The van der Waals surface area contributed by atoms with Crippen LogP contribution in [-0.4, -0.2) is 42.2 Å². The monoisotopic (exact) mass is 364 g/mol. The number of amides is 2. The van der Waals surface area contributed by atoms with E-state index in [0.717, 1.165) is 17.0 Å². The zero-order valence-electron chi connectivity index (χ0n) is 14.5. The SMILES string of the molecule is CCCC(CNC(=O)C1CC(=O)N(c2ccc(SC)cc2)C1)C(=O)O. The van der Waals surface area contributed by atoms with E-state index in [-0.39, 0.29) is 24.8 Å². The molecular weight excluding hydrogens is 340 g/mol. The lowest BCUT2D eigenvalue weighted by Gasteiger charge is -2.18. The Morgan fingerprint density at radius 3 is 2.60 bits per heavy atom. The Bertz CT molecular complexity index is 632. The number of aliphatic carboxylic acids is 1. The smallest absolute Gasteiger partial charge is 0.308 e. The molecule has 0 aliphatic carbocycles. The van der Waals surface area contributed by atoms with Crippen molar-refractivity contribution in [2.75, 3.05) is 24.2 Å². The van der Waals surface area contributed by atoms with Gasteiger partial charge in [0.05, 0.1) is 11.8 Å². The van der Waals surface area contributed by atoms with E-state index in [0.29, 0.717) is 13.0 Å². The van der Waals surface area contributed by atoms with Gasteiger partial charge in [0, 0.05) is 30.1 Å². The minimum absolute atomic E-state index is 0.0830. The Balaban J connectivity index is 1.94. The fraction of sp³-hybridized carbons (Fsp3) is 0.500. The summed E-state index contributed by atoms with van der Waals surface area (Å²) in [5.74, 6) is -2.26. The molecule has 2 N–H and O–H groups in total. The second-order valence-corrected chi connectivity index (χ2v) is 7.05. The summed E-state index contributed by atoms with van der Waals surface area (Å²) in [7, 11) is 0. The maximum Gasteiger partial charge on any atom is 0.308 e. The average molecular weight is 364 g/mol. The summed E-state index contributed by atoms with van der Waals surface area (Å²) < 4.78 is 0. The number of thioether (sulfide) groups is 1. The van der Waals surface area contributed by atoms with E-state index in [4.69, 9.17) is 5.11 Å². The van der Waals surface area contributed by atoms with Gasteiger partial charge < -0.3 is 15.3 Å². The van der Waals surface area contributed by atoms with Crippen LogP contribution in [0.4, 0.5) is 5.69 Å². The van der Waals surface area contributed by atoms with Crippen molar-refractivity contribution < 1.29 is 19.5 Å². The summed E-state index contributed by atoms with van der Waals surface area (Å²) >= 11 is 1.63. The van der Waals surface area contributed by atoms with Crippen molar-refractivity contribution in [1.82, 2.24) is 5.32 Å². The topological polar surface area (TPSA) is 86.7 Å². The number of anilines is 1. The molecule has 0 bridgehead atoms. The van der Waals surface area contributed by atoms with Crippen molar-refractivity contribution in [2.24, 2.45) is 11.8 Å². The van der Waals surface area contributed by atoms with Gasteiger partial charge in [-0.25, -0.2) is 0 Å². The van der Waals surface area contributed by atoms with Crippen LogP contribution >= 0.6 is 11.8 Å². The van der Waals surface area contributed by atoms with E-state index in [1.54, 1.807) is 16.7 Å². The predicted molar refractivity (Wildman–Crippen MR) is 97.7 cm³/mol. The summed E-state index contributed by atoms with van der Waals surface area (Å²) in [6.07, 6.45) is 3.41. The first-order valence-electron chi connectivity index (χ1n) is 8.41. The van der Waals surface area contributed by atoms with Crippen molar-refractivity contribution in [3.8, 4) is 0 Å². The molecule has 0 saturated carbocycles. The lowest BCUT2D eigenvalue weighted by molar-refractivity contribution is -0.142. The minimum atomic E-state index is -0.903. The number of carbonyl (C=O) groups is 3. The number of nitrogens with one attached hydrogen (secondary N) is 1. The number of carbonyl (C=O) groups excluding carboxylic acids is 2. The first-order valence-corrected chi connectivity index (χ1v) is 9.63. The molecule has 0 radical (unpaired) electrons. The van der Waals surface area contributed by atoms with Gasteiger partial charge in [-0.1, -0.05) is 13.3 Å². The van der Waals surface area contributed by atoms with Crippen LogP contribution in [0.15, 0.2) is 29.2 Å². The van der Waals surface area contributed by atoms with Crippen LogP contribution in [0.25, 0.3) is 0 Å². The molecule has 136 valence electrons. The Kier molecular flexibility index (Phi) is 6.87. The molecule has 1 fully saturated rings. The molecule has 2 amide bonds. The van der Waals surface area contributed by atoms with Crippen LogP contribution in [0.2, 0.25) is 0 Å². The van der Waals surface area contributed by atoms with E-state index < -0.39 is 17.8 Å². The summed E-state index contributed by atoms with van der Waals surface area (Å²) in [4.78, 5) is 38.4. The lowest BCUT2D eigenvalue weighted by Crippen LogP contribution is -2.37. The van der Waals surface area contributed by atoms with Crippen LogP contribution in [0.3, 0.4) is 0 Å². The number of carboxylic acids is 1. The van der Waals surface area contributed by atoms with Gasteiger partial charge in [-0.05, 0) is 36.9 Å². The fourth-order valence-corrected chi connectivity index (χ4v) is 3.33. The molecule has 0 spiro atoms. The number of hydrogen-bond acceptors (Lipinski definition) is 4. The number of benzene rings is 1. The maximum atomic E-state index is 12.3. The molecule has 25 heavy (non-hydrogen) atoms. The molecule has 2 unspecified atom stereocenters. The van der Waals surface area contributed by atoms with Crippen molar-refractivity contribution >= 4 is 35.2 Å². The third-order valence-corrected chi connectivity index (χ3v) is 5.13. The Morgan fingerprint density at radius 1 is 1.36 bits per heavy atom. The number of carboxylic acid groups (broad SMARTS) is 1. The van der Waals surface area contributed by atoms with E-state index in [1.165, 1.54) is 0 Å². The predicted octanol–water partition coefficient (Wildman–Crippen LogP) is 2.38. The number of rotatable bonds is 8. The van der Waals surface area contributed by atoms with Crippen LogP contribution in [0.1, 0.15) is 26.2 Å². The largest absolute Gasteiger partial charge is 0.481 e. The van der Waals surface area contributed by atoms with Gasteiger partial charge in [0.2, 0.25) is 11.8 Å². The molecule has 2 atom stereocenters. The maximum absolute atomic E-state index is 12.3. The van der Waals surface area contributed by atoms with Gasteiger partial charge in [-0.2, -0.15) is 0 Å². The standard InChI is InChI=1S/C18H24N2O4S/c1-3-4-12(18(23)24)10-19-17(22)13-9-16(21)20(11-13)14-5-7-15(25-2)8-6-14/h5-8,12-13H,3-4,9-11H2,1-2H3,(H,19,22)(H,23,24). The normalized spacial score (nSPS) is 18.2. The highest BCUT2D eigenvalue weighted by Crippen LogP contribution is 2.27. The van der Waals surface area contributed by atoms with E-state index in [9.17, 15) is 14.4 Å². The van der Waals surface area contributed by atoms with Gasteiger partial charge in [-0.15, -0.1) is 11.8 Å². The molecule has 1 aliphatic heterocycles. The van der Waals surface area contributed by atoms with Crippen LogP contribution in [0.5, 0.6) is 0 Å². The molecule has 1 aromatic carbocycles. The lowest BCUT2D eigenvalue weighted by atomic mass is 10.0. The quantitative estimate of drug-likeness (QED) is 0.692. The van der Waals surface area contributed by atoms with Crippen LogP contribution in [0, 0.1) is 11.8 Å². The van der Waals surface area contributed by atoms with E-state index >= 15 is 0 Å². The van der Waals surface area contributed by atoms with Crippen LogP contribution in [-0.2, 0) is 14.4 Å². The van der Waals surface area contributed by atoms with Gasteiger partial charge in [0.15, 0.2) is 0 Å². The van der Waals surface area contributed by atoms with Crippen LogP contribution < -0.4 is 10.2 Å². The molecule has 1 aromatic rings. The first kappa shape index (κ1) is 19.3. The van der Waals surface area contributed by atoms with Gasteiger partial charge in [-0.3, -0.25) is 14.4 Å². The number of nitrogens with zero attached hydrogens (tertiary/aromatic N) is 1. The summed E-state index contributed by atoms with van der Waals surface area (Å²) in [6, 6.07) is 7.66. The molecular formula is C18H24N2O4S. The van der Waals surface area contributed by atoms with E-state index in [2.05, 4.69) is 5.32 Å². The van der Waals surface area contributed by atoms with Gasteiger partial charge >= 0.3 is 5.97 Å². The Hall–Kier alpha value is -2.02. The third-order valence-electron chi connectivity index (χ3n) is 4.39. The summed E-state index contributed by atoms with van der Waals surface area (Å²) in [6.45, 7) is 2.34. The first-order chi connectivity index (χ1) is 12.0. The van der Waals surface area contributed by atoms with Gasteiger partial charge in [0.25, 0.3) is 0 Å². The summed E-state index contributed by atoms with van der Waals surface area (Å²) in [5.41, 5.74) is 0.785. The van der Waals surface area contributed by atoms with Crippen molar-refractivity contribution in [1.29, 1.82) is 0 Å². The van der Waals surface area contributed by atoms with Crippen molar-refractivity contribution in [2.45, 2.75) is 31.1 Å². The van der Waals surface area contributed by atoms with E-state index in [1.807, 2.05) is 37.4 Å². The molecule has 0 aromatic heterocycles. The second-order valence-electron chi connectivity index (χ2n) is 6.17. The fourth-order valence-electron chi connectivity index (χ4n) is 2.92. The summed E-state index contributed by atoms with van der Waals surface area (Å²) in [5, 5.41) is 11.8. The molecule has 6 nitrogen and oxygen atoms in total. The second kappa shape index (κ2) is 8.89.